The van der Waals surface area contributed by atoms with Crippen molar-refractivity contribution in [3.63, 3.8) is 0 Å². The van der Waals surface area contributed by atoms with Gasteiger partial charge in [0.05, 0.1) is 12.1 Å². The molecule has 0 saturated carbocycles. The lowest BCUT2D eigenvalue weighted by Gasteiger charge is -2.18. The Bertz CT molecular complexity index is 400. The van der Waals surface area contributed by atoms with Gasteiger partial charge in [-0.05, 0) is 43.5 Å². The number of aryl methyl sites for hydroxylation is 1. The van der Waals surface area contributed by atoms with Gasteiger partial charge in [-0.3, -0.25) is 0 Å². The molecule has 1 aromatic carbocycles. The van der Waals surface area contributed by atoms with Gasteiger partial charge in [-0.15, -0.1) is 0 Å². The zero-order chi connectivity index (χ0) is 11.7. The van der Waals surface area contributed by atoms with E-state index in [4.69, 9.17) is 16.3 Å². The minimum atomic E-state index is 0.0402. The summed E-state index contributed by atoms with van der Waals surface area (Å²) in [6, 6.07) is 2.08. The first-order chi connectivity index (χ1) is 7.65. The highest BCUT2D eigenvalue weighted by molar-refractivity contribution is 6.33. The van der Waals surface area contributed by atoms with Gasteiger partial charge in [0.15, 0.2) is 11.5 Å². The van der Waals surface area contributed by atoms with E-state index in [1.807, 2.05) is 13.0 Å². The number of phenolic OH excluding ortho intramolecular Hbond substituents is 1. The average Bonchev–Trinajstić information content (AvgIpc) is 2.77. The highest BCUT2D eigenvalue weighted by Gasteiger charge is 2.24. The summed E-state index contributed by atoms with van der Waals surface area (Å²) in [6.45, 7) is 3.00. The molecule has 1 atom stereocenters. The van der Waals surface area contributed by atoms with Gasteiger partial charge in [-0.1, -0.05) is 11.6 Å². The third kappa shape index (κ3) is 1.85. The monoisotopic (exact) mass is 241 g/mol. The molecule has 1 aliphatic heterocycles. The Morgan fingerprint density at radius 3 is 2.88 bits per heavy atom. The SMILES string of the molecule is COc1cc(C)c(C2CCCN2)c(Cl)c1O. The van der Waals surface area contributed by atoms with Crippen molar-refractivity contribution in [1.29, 1.82) is 0 Å². The van der Waals surface area contributed by atoms with Crippen LogP contribution in [0.1, 0.15) is 30.0 Å². The largest absolute Gasteiger partial charge is 0.503 e. The summed E-state index contributed by atoms with van der Waals surface area (Å²) < 4.78 is 5.07. The van der Waals surface area contributed by atoms with Gasteiger partial charge in [-0.2, -0.15) is 0 Å². The minimum Gasteiger partial charge on any atom is -0.503 e. The lowest BCUT2D eigenvalue weighted by Crippen LogP contribution is -2.14. The lowest BCUT2D eigenvalue weighted by molar-refractivity contribution is 0.372. The van der Waals surface area contributed by atoms with Crippen molar-refractivity contribution in [2.75, 3.05) is 13.7 Å². The number of phenols is 1. The maximum absolute atomic E-state index is 9.88. The van der Waals surface area contributed by atoms with Crippen molar-refractivity contribution in [2.24, 2.45) is 0 Å². The molecule has 1 fully saturated rings. The van der Waals surface area contributed by atoms with E-state index in [2.05, 4.69) is 5.32 Å². The van der Waals surface area contributed by atoms with Crippen LogP contribution in [0.25, 0.3) is 0 Å². The molecule has 4 heteroatoms. The third-order valence-corrected chi connectivity index (χ3v) is 3.46. The number of benzene rings is 1. The standard InChI is InChI=1S/C12H16ClNO2/c1-7-6-9(16-2)12(15)11(13)10(7)8-4-3-5-14-8/h6,8,14-15H,3-5H2,1-2H3. The van der Waals surface area contributed by atoms with Gasteiger partial charge in [0.25, 0.3) is 0 Å². The molecule has 1 aliphatic rings. The van der Waals surface area contributed by atoms with Gasteiger partial charge in [0, 0.05) is 6.04 Å². The molecule has 16 heavy (non-hydrogen) atoms. The van der Waals surface area contributed by atoms with Crippen LogP contribution in [0.4, 0.5) is 0 Å². The zero-order valence-corrected chi connectivity index (χ0v) is 10.3. The van der Waals surface area contributed by atoms with E-state index in [0.717, 1.165) is 30.5 Å². The van der Waals surface area contributed by atoms with Crippen molar-refractivity contribution in [3.05, 3.63) is 22.2 Å². The number of ether oxygens (including phenoxy) is 1. The van der Waals surface area contributed by atoms with Crippen molar-refractivity contribution in [1.82, 2.24) is 5.32 Å². The molecule has 0 bridgehead atoms. The molecule has 0 radical (unpaired) electrons. The lowest BCUT2D eigenvalue weighted by atomic mass is 9.99. The highest BCUT2D eigenvalue weighted by Crippen LogP contribution is 2.42. The second-order valence-corrected chi connectivity index (χ2v) is 4.50. The average molecular weight is 242 g/mol. The fourth-order valence-electron chi connectivity index (χ4n) is 2.27. The number of rotatable bonds is 2. The van der Waals surface area contributed by atoms with Crippen LogP contribution in [0.5, 0.6) is 11.5 Å². The van der Waals surface area contributed by atoms with Crippen LogP contribution in [0.2, 0.25) is 5.02 Å². The number of halogens is 1. The molecule has 1 saturated heterocycles. The molecular formula is C12H16ClNO2. The number of hydrogen-bond acceptors (Lipinski definition) is 3. The maximum Gasteiger partial charge on any atom is 0.177 e. The van der Waals surface area contributed by atoms with Crippen LogP contribution in [0, 0.1) is 6.92 Å². The Balaban J connectivity index is 2.48. The normalized spacial score (nSPS) is 20.1. The molecule has 88 valence electrons. The summed E-state index contributed by atoms with van der Waals surface area (Å²) in [5.41, 5.74) is 2.05. The Hall–Kier alpha value is -0.930. The van der Waals surface area contributed by atoms with Crippen LogP contribution >= 0.6 is 11.6 Å². The molecule has 1 heterocycles. The van der Waals surface area contributed by atoms with Crippen LogP contribution in [0.15, 0.2) is 6.07 Å². The van der Waals surface area contributed by atoms with Crippen LogP contribution in [-0.4, -0.2) is 18.8 Å². The Labute approximate surface area is 100 Å². The van der Waals surface area contributed by atoms with E-state index in [1.54, 1.807) is 0 Å². The quantitative estimate of drug-likeness (QED) is 0.837. The Morgan fingerprint density at radius 1 is 1.56 bits per heavy atom. The van der Waals surface area contributed by atoms with E-state index in [9.17, 15) is 5.11 Å². The molecule has 3 nitrogen and oxygen atoms in total. The molecule has 2 rings (SSSR count). The summed E-state index contributed by atoms with van der Waals surface area (Å²) in [5.74, 6) is 0.475. The third-order valence-electron chi connectivity index (χ3n) is 3.08. The molecule has 0 aromatic heterocycles. The van der Waals surface area contributed by atoms with E-state index >= 15 is 0 Å². The van der Waals surface area contributed by atoms with Crippen molar-refractivity contribution in [3.8, 4) is 11.5 Å². The number of nitrogens with one attached hydrogen (secondary N) is 1. The summed E-state index contributed by atoms with van der Waals surface area (Å²) >= 11 is 6.19. The second-order valence-electron chi connectivity index (χ2n) is 4.12. The van der Waals surface area contributed by atoms with Crippen LogP contribution in [0.3, 0.4) is 0 Å². The topological polar surface area (TPSA) is 41.5 Å². The fourth-order valence-corrected chi connectivity index (χ4v) is 2.64. The van der Waals surface area contributed by atoms with Gasteiger partial charge in [-0.25, -0.2) is 0 Å². The Kier molecular flexibility index (Phi) is 3.26. The molecule has 1 aromatic rings. The van der Waals surface area contributed by atoms with Crippen molar-refractivity contribution in [2.45, 2.75) is 25.8 Å². The zero-order valence-electron chi connectivity index (χ0n) is 9.51. The highest BCUT2D eigenvalue weighted by atomic mass is 35.5. The first-order valence-corrected chi connectivity index (χ1v) is 5.82. The predicted molar refractivity (Wildman–Crippen MR) is 64.4 cm³/mol. The van der Waals surface area contributed by atoms with Crippen LogP contribution in [-0.2, 0) is 0 Å². The molecule has 0 amide bonds. The minimum absolute atomic E-state index is 0.0402. The summed E-state index contributed by atoms with van der Waals surface area (Å²) in [5, 5.41) is 13.7. The van der Waals surface area contributed by atoms with E-state index < -0.39 is 0 Å². The van der Waals surface area contributed by atoms with Gasteiger partial charge in [0.1, 0.15) is 0 Å². The van der Waals surface area contributed by atoms with Gasteiger partial charge in [0.2, 0.25) is 0 Å². The fraction of sp³-hybridized carbons (Fsp3) is 0.500. The van der Waals surface area contributed by atoms with Crippen molar-refractivity contribution < 1.29 is 9.84 Å². The maximum atomic E-state index is 9.88. The van der Waals surface area contributed by atoms with E-state index in [-0.39, 0.29) is 11.8 Å². The van der Waals surface area contributed by atoms with E-state index in [1.165, 1.54) is 7.11 Å². The smallest absolute Gasteiger partial charge is 0.177 e. The molecule has 0 aliphatic carbocycles. The molecule has 2 N–H and O–H groups in total. The molecule has 1 unspecified atom stereocenters. The first-order valence-electron chi connectivity index (χ1n) is 5.44. The molecular weight excluding hydrogens is 226 g/mol. The summed E-state index contributed by atoms with van der Waals surface area (Å²) in [6.07, 6.45) is 2.21. The summed E-state index contributed by atoms with van der Waals surface area (Å²) in [7, 11) is 1.53. The van der Waals surface area contributed by atoms with E-state index in [0.29, 0.717) is 10.8 Å². The number of aromatic hydroxyl groups is 1. The van der Waals surface area contributed by atoms with Gasteiger partial charge >= 0.3 is 0 Å². The summed E-state index contributed by atoms with van der Waals surface area (Å²) in [4.78, 5) is 0. The first kappa shape index (κ1) is 11.6. The van der Waals surface area contributed by atoms with Crippen molar-refractivity contribution >= 4 is 11.6 Å². The number of methoxy groups -OCH3 is 1. The predicted octanol–water partition coefficient (Wildman–Crippen LogP) is 2.79. The Morgan fingerprint density at radius 2 is 2.31 bits per heavy atom. The second kappa shape index (κ2) is 4.52. The van der Waals surface area contributed by atoms with Gasteiger partial charge < -0.3 is 15.2 Å². The molecule has 0 spiro atoms. The number of hydrogen-bond donors (Lipinski definition) is 2. The van der Waals surface area contributed by atoms with Crippen LogP contribution < -0.4 is 10.1 Å².